The Hall–Kier alpha value is -1.65. The van der Waals surface area contributed by atoms with Crippen LogP contribution in [0.4, 0.5) is 0 Å². The highest BCUT2D eigenvalue weighted by molar-refractivity contribution is 5.83. The largest absolute Gasteiger partial charge is 0.497 e. The Morgan fingerprint density at radius 2 is 2.25 bits per heavy atom. The van der Waals surface area contributed by atoms with E-state index in [0.717, 1.165) is 53.6 Å². The van der Waals surface area contributed by atoms with Crippen molar-refractivity contribution in [2.24, 2.45) is 11.8 Å². The molecule has 3 saturated heterocycles. The minimum absolute atomic E-state index is 0.225. The average molecular weight is 326 g/mol. The number of hydrogen-bond acceptors (Lipinski definition) is 4. The summed E-state index contributed by atoms with van der Waals surface area (Å²) in [5.41, 5.74) is 1.89. The van der Waals surface area contributed by atoms with Crippen LogP contribution in [0.15, 0.2) is 30.5 Å². The maximum Gasteiger partial charge on any atom is 0.119 e. The van der Waals surface area contributed by atoms with E-state index in [2.05, 4.69) is 16.8 Å². The molecular formula is C20H26N2O2. The normalized spacial score (nSPS) is 30.5. The van der Waals surface area contributed by atoms with Gasteiger partial charge in [0.05, 0.1) is 18.7 Å². The Morgan fingerprint density at radius 3 is 2.96 bits per heavy atom. The van der Waals surface area contributed by atoms with Crippen LogP contribution in [0.3, 0.4) is 0 Å². The molecule has 4 nitrogen and oxygen atoms in total. The summed E-state index contributed by atoms with van der Waals surface area (Å²) >= 11 is 0. The minimum Gasteiger partial charge on any atom is -0.497 e. The van der Waals surface area contributed by atoms with Gasteiger partial charge in [0, 0.05) is 24.2 Å². The van der Waals surface area contributed by atoms with Gasteiger partial charge in [0.25, 0.3) is 0 Å². The fourth-order valence-corrected chi connectivity index (χ4v) is 4.71. The number of methoxy groups -OCH3 is 1. The zero-order valence-corrected chi connectivity index (χ0v) is 14.5. The van der Waals surface area contributed by atoms with Crippen LogP contribution in [-0.2, 0) is 0 Å². The summed E-state index contributed by atoms with van der Waals surface area (Å²) in [7, 11) is 1.67. The topological polar surface area (TPSA) is 45.6 Å². The van der Waals surface area contributed by atoms with Gasteiger partial charge in [-0.1, -0.05) is 13.3 Å². The molecule has 3 unspecified atom stereocenters. The van der Waals surface area contributed by atoms with Crippen molar-refractivity contribution in [1.82, 2.24) is 9.88 Å². The molecule has 0 amide bonds. The van der Waals surface area contributed by atoms with Gasteiger partial charge in [-0.25, -0.2) is 0 Å². The van der Waals surface area contributed by atoms with E-state index >= 15 is 0 Å². The predicted molar refractivity (Wildman–Crippen MR) is 95.1 cm³/mol. The number of nitrogens with zero attached hydrogens (tertiary/aromatic N) is 2. The van der Waals surface area contributed by atoms with Crippen molar-refractivity contribution in [3.63, 3.8) is 0 Å². The molecule has 3 aliphatic rings. The molecule has 0 saturated carbocycles. The van der Waals surface area contributed by atoms with Gasteiger partial charge >= 0.3 is 0 Å². The fourth-order valence-electron chi connectivity index (χ4n) is 4.71. The number of fused-ring (bicyclic) bond motifs is 4. The van der Waals surface area contributed by atoms with E-state index in [4.69, 9.17) is 4.74 Å². The summed E-state index contributed by atoms with van der Waals surface area (Å²) in [4.78, 5) is 6.94. The number of aromatic nitrogens is 1. The number of aliphatic hydroxyl groups excluding tert-OH is 1. The van der Waals surface area contributed by atoms with E-state index in [0.29, 0.717) is 0 Å². The first-order valence-electron chi connectivity index (χ1n) is 9.06. The molecule has 128 valence electrons. The third kappa shape index (κ3) is 2.58. The lowest BCUT2D eigenvalue weighted by Gasteiger charge is -2.51. The summed E-state index contributed by atoms with van der Waals surface area (Å²) < 4.78 is 5.36. The van der Waals surface area contributed by atoms with Gasteiger partial charge in [0.15, 0.2) is 0 Å². The molecule has 0 spiro atoms. The molecule has 2 bridgehead atoms. The van der Waals surface area contributed by atoms with Gasteiger partial charge in [-0.15, -0.1) is 0 Å². The van der Waals surface area contributed by atoms with Gasteiger partial charge in [-0.3, -0.25) is 9.88 Å². The second-order valence-electron chi connectivity index (χ2n) is 7.24. The van der Waals surface area contributed by atoms with E-state index in [1.54, 1.807) is 13.3 Å². The van der Waals surface area contributed by atoms with Crippen molar-refractivity contribution in [3.8, 4) is 5.75 Å². The summed E-state index contributed by atoms with van der Waals surface area (Å²) in [5.74, 6) is 2.37. The predicted octanol–water partition coefficient (Wildman–Crippen LogP) is 3.40. The summed E-state index contributed by atoms with van der Waals surface area (Å²) in [6.07, 6.45) is 4.97. The monoisotopic (exact) mass is 326 g/mol. The zero-order valence-electron chi connectivity index (χ0n) is 14.5. The molecule has 0 radical (unpaired) electrons. The number of piperidine rings is 3. The second-order valence-corrected chi connectivity index (χ2v) is 7.24. The molecule has 4 heterocycles. The number of hydrogen-bond donors (Lipinski definition) is 1. The quantitative estimate of drug-likeness (QED) is 0.935. The van der Waals surface area contributed by atoms with Gasteiger partial charge in [-0.2, -0.15) is 0 Å². The van der Waals surface area contributed by atoms with Crippen LogP contribution in [0, 0.1) is 11.8 Å². The molecule has 4 heteroatoms. The number of rotatable bonds is 4. The molecular weight excluding hydrogens is 300 g/mol. The molecule has 3 fully saturated rings. The molecule has 1 aromatic carbocycles. The van der Waals surface area contributed by atoms with Crippen molar-refractivity contribution in [2.75, 3.05) is 20.2 Å². The van der Waals surface area contributed by atoms with E-state index in [1.165, 1.54) is 12.8 Å². The number of ether oxygens (including phenoxy) is 1. The molecule has 0 aliphatic carbocycles. The Bertz CT molecular complexity index is 733. The number of aliphatic hydroxyl groups is 1. The highest BCUT2D eigenvalue weighted by atomic mass is 16.5. The highest BCUT2D eigenvalue weighted by Gasteiger charge is 2.42. The average Bonchev–Trinajstić information content (AvgIpc) is 2.66. The lowest BCUT2D eigenvalue weighted by molar-refractivity contribution is -0.0562. The van der Waals surface area contributed by atoms with Crippen LogP contribution >= 0.6 is 0 Å². The fraction of sp³-hybridized carbons (Fsp3) is 0.550. The molecule has 5 rings (SSSR count). The smallest absolute Gasteiger partial charge is 0.119 e. The molecule has 3 aliphatic heterocycles. The van der Waals surface area contributed by atoms with Crippen molar-refractivity contribution < 1.29 is 9.84 Å². The maximum absolute atomic E-state index is 11.2. The summed E-state index contributed by atoms with van der Waals surface area (Å²) in [6, 6.07) is 8.07. The lowest BCUT2D eigenvalue weighted by atomic mass is 9.72. The standard InChI is InChI=1S/C20H26N2O2/c1-3-13-12-22-9-7-14(13)10-19(22)20(23)16-6-8-21-18-5-4-15(24-2)11-17(16)18/h4-6,8,11,13-14,19-20,23H,3,7,9-10,12H2,1-2H3/t13-,14?,19?,20-/m1/s1. The molecule has 5 atom stereocenters. The van der Waals surface area contributed by atoms with Crippen LogP contribution in [0.2, 0.25) is 0 Å². The first kappa shape index (κ1) is 15.9. The van der Waals surface area contributed by atoms with E-state index in [1.807, 2.05) is 24.3 Å². The molecule has 1 N–H and O–H groups in total. The van der Waals surface area contributed by atoms with E-state index in [9.17, 15) is 5.11 Å². The Morgan fingerprint density at radius 1 is 1.38 bits per heavy atom. The van der Waals surface area contributed by atoms with Crippen molar-refractivity contribution in [3.05, 3.63) is 36.0 Å². The second kappa shape index (κ2) is 6.34. The SMILES string of the molecule is CC[C@@H]1CN2CCC1CC2[C@H](O)c1ccnc2ccc(OC)cc12. The number of pyridine rings is 1. The van der Waals surface area contributed by atoms with Gasteiger partial charge < -0.3 is 9.84 Å². The third-order valence-electron chi connectivity index (χ3n) is 6.13. The van der Waals surface area contributed by atoms with Crippen molar-refractivity contribution >= 4 is 10.9 Å². The molecule has 1 aromatic heterocycles. The summed E-state index contributed by atoms with van der Waals surface area (Å²) in [5, 5.41) is 12.2. The Labute approximate surface area is 143 Å². The van der Waals surface area contributed by atoms with Crippen LogP contribution in [0.1, 0.15) is 37.9 Å². The van der Waals surface area contributed by atoms with Crippen molar-refractivity contribution in [2.45, 2.75) is 38.3 Å². The van der Waals surface area contributed by atoms with Crippen LogP contribution in [0.25, 0.3) is 10.9 Å². The van der Waals surface area contributed by atoms with Crippen LogP contribution in [-0.4, -0.2) is 41.2 Å². The van der Waals surface area contributed by atoms with E-state index in [-0.39, 0.29) is 6.04 Å². The molecule has 24 heavy (non-hydrogen) atoms. The Balaban J connectivity index is 1.68. The molecule has 2 aromatic rings. The summed E-state index contributed by atoms with van der Waals surface area (Å²) in [6.45, 7) is 4.55. The van der Waals surface area contributed by atoms with Crippen LogP contribution < -0.4 is 4.74 Å². The Kier molecular flexibility index (Phi) is 4.19. The van der Waals surface area contributed by atoms with Crippen LogP contribution in [0.5, 0.6) is 5.75 Å². The van der Waals surface area contributed by atoms with Gasteiger partial charge in [-0.05, 0) is 61.1 Å². The first-order valence-corrected chi connectivity index (χ1v) is 9.06. The maximum atomic E-state index is 11.2. The minimum atomic E-state index is -0.469. The number of benzene rings is 1. The first-order chi connectivity index (χ1) is 11.7. The third-order valence-corrected chi connectivity index (χ3v) is 6.13. The highest BCUT2D eigenvalue weighted by Crippen LogP contribution is 2.42. The lowest BCUT2D eigenvalue weighted by Crippen LogP contribution is -2.55. The van der Waals surface area contributed by atoms with E-state index < -0.39 is 6.10 Å². The van der Waals surface area contributed by atoms with Gasteiger partial charge in [0.1, 0.15) is 5.75 Å². The zero-order chi connectivity index (χ0) is 16.7. The van der Waals surface area contributed by atoms with Gasteiger partial charge in [0.2, 0.25) is 0 Å². The van der Waals surface area contributed by atoms with Crippen molar-refractivity contribution in [1.29, 1.82) is 0 Å².